The first-order valence-corrected chi connectivity index (χ1v) is 5.88. The van der Waals surface area contributed by atoms with Gasteiger partial charge in [-0.2, -0.15) is 0 Å². The van der Waals surface area contributed by atoms with Crippen LogP contribution >= 0.6 is 0 Å². The van der Waals surface area contributed by atoms with Crippen LogP contribution < -0.4 is 10.6 Å². The van der Waals surface area contributed by atoms with E-state index in [9.17, 15) is 0 Å². The topological polar surface area (TPSA) is 77.2 Å². The Balaban J connectivity index is 2.27. The summed E-state index contributed by atoms with van der Waals surface area (Å²) in [5.74, 6) is 1.30. The summed E-state index contributed by atoms with van der Waals surface area (Å²) in [4.78, 5) is 14.6. The predicted octanol–water partition coefficient (Wildman–Crippen LogP) is 1.08. The highest BCUT2D eigenvalue weighted by atomic mass is 16.5. The third-order valence-electron chi connectivity index (χ3n) is 2.63. The van der Waals surface area contributed by atoms with Gasteiger partial charge in [0.25, 0.3) is 0 Å². The Hall–Kier alpha value is -1.95. The number of hydrogen-bond acceptors (Lipinski definition) is 6. The standard InChI is InChI=1S/C12H17N5O/c1-3-18-7-6-17(2)12-9-4-5-10(13)16-11(9)14-8-15-12/h4-5,8H,3,6-7H2,1-2H3,(H2,13,14,15,16). The minimum atomic E-state index is 0.462. The molecule has 6 nitrogen and oxygen atoms in total. The van der Waals surface area contributed by atoms with E-state index in [4.69, 9.17) is 10.5 Å². The second-order valence-electron chi connectivity index (χ2n) is 3.92. The van der Waals surface area contributed by atoms with Crippen LogP contribution in [0.1, 0.15) is 6.92 Å². The fraction of sp³-hybridized carbons (Fsp3) is 0.417. The van der Waals surface area contributed by atoms with Gasteiger partial charge in [-0.15, -0.1) is 0 Å². The molecule has 0 amide bonds. The molecule has 0 aliphatic rings. The summed E-state index contributed by atoms with van der Waals surface area (Å²) in [5, 5.41) is 0.894. The summed E-state index contributed by atoms with van der Waals surface area (Å²) in [7, 11) is 1.97. The summed E-state index contributed by atoms with van der Waals surface area (Å²) in [6, 6.07) is 3.65. The van der Waals surface area contributed by atoms with Gasteiger partial charge in [-0.05, 0) is 19.1 Å². The van der Waals surface area contributed by atoms with Gasteiger partial charge >= 0.3 is 0 Å². The molecule has 0 radical (unpaired) electrons. The first kappa shape index (κ1) is 12.5. The maximum absolute atomic E-state index is 5.64. The first-order chi connectivity index (χ1) is 8.72. The number of anilines is 2. The molecule has 0 saturated carbocycles. The van der Waals surface area contributed by atoms with Crippen molar-refractivity contribution in [2.24, 2.45) is 0 Å². The molecule has 0 fully saturated rings. The van der Waals surface area contributed by atoms with Crippen LogP contribution in [-0.2, 0) is 4.74 Å². The summed E-state index contributed by atoms with van der Waals surface area (Å²) in [5.41, 5.74) is 6.26. The van der Waals surface area contributed by atoms with E-state index in [-0.39, 0.29) is 0 Å². The van der Waals surface area contributed by atoms with Crippen LogP contribution in [0.15, 0.2) is 18.5 Å². The summed E-state index contributed by atoms with van der Waals surface area (Å²) >= 11 is 0. The lowest BCUT2D eigenvalue weighted by atomic mass is 10.3. The molecule has 0 aliphatic heterocycles. The van der Waals surface area contributed by atoms with Gasteiger partial charge in [-0.3, -0.25) is 0 Å². The van der Waals surface area contributed by atoms with Crippen molar-refractivity contribution in [3.63, 3.8) is 0 Å². The van der Waals surface area contributed by atoms with E-state index in [0.29, 0.717) is 18.1 Å². The van der Waals surface area contributed by atoms with Gasteiger partial charge < -0.3 is 15.4 Å². The second kappa shape index (κ2) is 5.59. The van der Waals surface area contributed by atoms with Crippen molar-refractivity contribution in [2.45, 2.75) is 6.92 Å². The lowest BCUT2D eigenvalue weighted by Gasteiger charge is -2.19. The third-order valence-corrected chi connectivity index (χ3v) is 2.63. The molecule has 0 aromatic carbocycles. The van der Waals surface area contributed by atoms with Gasteiger partial charge in [0.2, 0.25) is 0 Å². The van der Waals surface area contributed by atoms with E-state index in [2.05, 4.69) is 15.0 Å². The molecule has 0 atom stereocenters. The van der Waals surface area contributed by atoms with Crippen molar-refractivity contribution in [3.05, 3.63) is 18.5 Å². The fourth-order valence-corrected chi connectivity index (χ4v) is 1.70. The molecule has 0 saturated heterocycles. The van der Waals surface area contributed by atoms with Crippen molar-refractivity contribution in [3.8, 4) is 0 Å². The van der Waals surface area contributed by atoms with Crippen molar-refractivity contribution in [1.82, 2.24) is 15.0 Å². The van der Waals surface area contributed by atoms with Crippen LogP contribution in [0.4, 0.5) is 11.6 Å². The monoisotopic (exact) mass is 247 g/mol. The molecule has 2 aromatic heterocycles. The van der Waals surface area contributed by atoms with E-state index < -0.39 is 0 Å². The molecule has 96 valence electrons. The Morgan fingerprint density at radius 1 is 1.33 bits per heavy atom. The highest BCUT2D eigenvalue weighted by Crippen LogP contribution is 2.21. The Bertz CT molecular complexity index is 531. The van der Waals surface area contributed by atoms with Gasteiger partial charge in [0.05, 0.1) is 12.0 Å². The SMILES string of the molecule is CCOCCN(C)c1ncnc2nc(N)ccc12. The van der Waals surface area contributed by atoms with Crippen LogP contribution in [0.5, 0.6) is 0 Å². The van der Waals surface area contributed by atoms with E-state index in [0.717, 1.165) is 24.4 Å². The Morgan fingerprint density at radius 2 is 2.17 bits per heavy atom. The number of nitrogens with zero attached hydrogens (tertiary/aromatic N) is 4. The summed E-state index contributed by atoms with van der Waals surface area (Å²) in [6.07, 6.45) is 1.50. The van der Waals surface area contributed by atoms with Crippen LogP contribution in [0.3, 0.4) is 0 Å². The molecule has 2 N–H and O–H groups in total. The predicted molar refractivity (Wildman–Crippen MR) is 71.5 cm³/mol. The normalized spacial score (nSPS) is 10.8. The van der Waals surface area contributed by atoms with Crippen LogP contribution in [-0.4, -0.2) is 41.8 Å². The van der Waals surface area contributed by atoms with Gasteiger partial charge in [0, 0.05) is 20.2 Å². The molecule has 2 heterocycles. The maximum Gasteiger partial charge on any atom is 0.166 e. The first-order valence-electron chi connectivity index (χ1n) is 5.88. The average Bonchev–Trinajstić information content (AvgIpc) is 2.37. The number of hydrogen-bond donors (Lipinski definition) is 1. The Morgan fingerprint density at radius 3 is 2.94 bits per heavy atom. The van der Waals surface area contributed by atoms with Gasteiger partial charge in [-0.1, -0.05) is 0 Å². The van der Waals surface area contributed by atoms with E-state index in [1.807, 2.05) is 24.9 Å². The third kappa shape index (κ3) is 2.65. The number of ether oxygens (including phenoxy) is 1. The Labute approximate surface area is 106 Å². The summed E-state index contributed by atoms with van der Waals surface area (Å²) < 4.78 is 5.34. The molecule has 0 unspecified atom stereocenters. The largest absolute Gasteiger partial charge is 0.384 e. The maximum atomic E-state index is 5.64. The molecule has 0 bridgehead atoms. The quantitative estimate of drug-likeness (QED) is 0.797. The molecule has 0 spiro atoms. The van der Waals surface area contributed by atoms with Crippen molar-refractivity contribution >= 4 is 22.7 Å². The fourth-order valence-electron chi connectivity index (χ4n) is 1.70. The van der Waals surface area contributed by atoms with Gasteiger partial charge in [0.15, 0.2) is 5.65 Å². The van der Waals surface area contributed by atoms with Gasteiger partial charge in [-0.25, -0.2) is 15.0 Å². The minimum absolute atomic E-state index is 0.462. The number of likely N-dealkylation sites (N-methyl/N-ethyl adjacent to an activating group) is 1. The van der Waals surface area contributed by atoms with Crippen LogP contribution in [0.25, 0.3) is 11.0 Å². The highest BCUT2D eigenvalue weighted by Gasteiger charge is 2.09. The molecule has 18 heavy (non-hydrogen) atoms. The average molecular weight is 247 g/mol. The zero-order chi connectivity index (χ0) is 13.0. The molecule has 2 rings (SSSR count). The van der Waals surface area contributed by atoms with E-state index in [1.54, 1.807) is 6.07 Å². The number of rotatable bonds is 5. The lowest BCUT2D eigenvalue weighted by Crippen LogP contribution is -2.24. The van der Waals surface area contributed by atoms with E-state index in [1.165, 1.54) is 6.33 Å². The lowest BCUT2D eigenvalue weighted by molar-refractivity contribution is 0.154. The minimum Gasteiger partial charge on any atom is -0.384 e. The van der Waals surface area contributed by atoms with Crippen molar-refractivity contribution in [2.75, 3.05) is 37.4 Å². The zero-order valence-corrected chi connectivity index (χ0v) is 10.6. The number of aromatic nitrogens is 3. The molecule has 2 aromatic rings. The molecular formula is C12H17N5O. The van der Waals surface area contributed by atoms with Crippen molar-refractivity contribution in [1.29, 1.82) is 0 Å². The van der Waals surface area contributed by atoms with E-state index >= 15 is 0 Å². The number of nitrogen functional groups attached to an aromatic ring is 1. The number of pyridine rings is 1. The molecule has 0 aliphatic carbocycles. The zero-order valence-electron chi connectivity index (χ0n) is 10.6. The molecule has 6 heteroatoms. The Kier molecular flexibility index (Phi) is 3.88. The van der Waals surface area contributed by atoms with Crippen LogP contribution in [0, 0.1) is 0 Å². The molecular weight excluding hydrogens is 230 g/mol. The summed E-state index contributed by atoms with van der Waals surface area (Å²) in [6.45, 7) is 4.13. The highest BCUT2D eigenvalue weighted by molar-refractivity contribution is 5.87. The van der Waals surface area contributed by atoms with Crippen molar-refractivity contribution < 1.29 is 4.74 Å². The number of nitrogens with two attached hydrogens (primary N) is 1. The second-order valence-corrected chi connectivity index (χ2v) is 3.92. The number of fused-ring (bicyclic) bond motifs is 1. The van der Waals surface area contributed by atoms with Gasteiger partial charge in [0.1, 0.15) is 18.0 Å². The smallest absolute Gasteiger partial charge is 0.166 e. The van der Waals surface area contributed by atoms with Crippen LogP contribution in [0.2, 0.25) is 0 Å².